The van der Waals surface area contributed by atoms with Gasteiger partial charge in [0, 0.05) is 42.5 Å². The number of carbonyl (C=O) groups is 1. The van der Waals surface area contributed by atoms with E-state index in [1.54, 1.807) is 35.4 Å². The second kappa shape index (κ2) is 9.10. The summed E-state index contributed by atoms with van der Waals surface area (Å²) in [6, 6.07) is 22.6. The highest BCUT2D eigenvalue weighted by molar-refractivity contribution is 6.32. The summed E-state index contributed by atoms with van der Waals surface area (Å²) in [5.74, 6) is -0.283. The average Bonchev–Trinajstić information content (AvgIpc) is 3.52. The van der Waals surface area contributed by atoms with Crippen molar-refractivity contribution in [2.24, 2.45) is 0 Å². The van der Waals surface area contributed by atoms with Gasteiger partial charge < -0.3 is 5.32 Å². The van der Waals surface area contributed by atoms with Gasteiger partial charge in [0.1, 0.15) is 0 Å². The molecule has 7 nitrogen and oxygen atoms in total. The third kappa shape index (κ3) is 4.40. The van der Waals surface area contributed by atoms with Crippen LogP contribution in [-0.2, 0) is 6.54 Å². The van der Waals surface area contributed by atoms with Gasteiger partial charge in [-0.3, -0.25) is 9.78 Å². The van der Waals surface area contributed by atoms with Gasteiger partial charge in [-0.2, -0.15) is 10.2 Å². The zero-order valence-corrected chi connectivity index (χ0v) is 18.2. The number of nitrogens with zero attached hydrogens (tertiary/aromatic N) is 5. The molecule has 0 aliphatic rings. The molecule has 0 fully saturated rings. The Kier molecular flexibility index (Phi) is 5.70. The van der Waals surface area contributed by atoms with Crippen LogP contribution in [0.1, 0.15) is 16.1 Å². The molecule has 3 heterocycles. The van der Waals surface area contributed by atoms with E-state index in [4.69, 9.17) is 16.7 Å². The number of nitrogens with one attached hydrogen (secondary N) is 1. The van der Waals surface area contributed by atoms with Crippen molar-refractivity contribution in [2.75, 3.05) is 0 Å². The Bertz CT molecular complexity index is 1390. The molecule has 1 N–H and O–H groups in total. The molecule has 33 heavy (non-hydrogen) atoms. The SMILES string of the molecule is O=C(NCc1cn(-c2ccccc2)nc1-c1ccncc1)c1ccn(-c2ccccc2Cl)n1. The van der Waals surface area contributed by atoms with E-state index in [0.717, 1.165) is 22.5 Å². The molecule has 0 spiro atoms. The molecule has 0 unspecified atom stereocenters. The molecule has 0 aliphatic carbocycles. The lowest BCUT2D eigenvalue weighted by Gasteiger charge is -2.05. The summed E-state index contributed by atoms with van der Waals surface area (Å²) in [7, 11) is 0. The summed E-state index contributed by atoms with van der Waals surface area (Å²) in [5.41, 5.74) is 4.53. The number of benzene rings is 2. The van der Waals surface area contributed by atoms with E-state index in [9.17, 15) is 4.79 Å². The molecule has 8 heteroatoms. The van der Waals surface area contributed by atoms with E-state index < -0.39 is 0 Å². The lowest BCUT2D eigenvalue weighted by Crippen LogP contribution is -2.23. The average molecular weight is 455 g/mol. The van der Waals surface area contributed by atoms with Crippen molar-refractivity contribution in [1.29, 1.82) is 0 Å². The van der Waals surface area contributed by atoms with E-state index in [1.165, 1.54) is 0 Å². The molecule has 5 rings (SSSR count). The Morgan fingerprint density at radius 3 is 2.42 bits per heavy atom. The number of halogens is 1. The largest absolute Gasteiger partial charge is 0.346 e. The quantitative estimate of drug-likeness (QED) is 0.403. The minimum absolute atomic E-state index is 0.283. The first kappa shape index (κ1) is 20.7. The fraction of sp³-hybridized carbons (Fsp3) is 0.0400. The Hall–Kier alpha value is -4.23. The van der Waals surface area contributed by atoms with Crippen molar-refractivity contribution in [1.82, 2.24) is 29.9 Å². The Labute approximate surface area is 195 Å². The van der Waals surface area contributed by atoms with Gasteiger partial charge >= 0.3 is 0 Å². The van der Waals surface area contributed by atoms with Crippen LogP contribution in [0.5, 0.6) is 0 Å². The van der Waals surface area contributed by atoms with Crippen LogP contribution >= 0.6 is 11.6 Å². The van der Waals surface area contributed by atoms with Crippen molar-refractivity contribution in [3.63, 3.8) is 0 Å². The van der Waals surface area contributed by atoms with Crippen molar-refractivity contribution in [3.05, 3.63) is 114 Å². The van der Waals surface area contributed by atoms with Crippen molar-refractivity contribution in [2.45, 2.75) is 6.54 Å². The number of rotatable bonds is 6. The Morgan fingerprint density at radius 1 is 0.879 bits per heavy atom. The summed E-state index contributed by atoms with van der Waals surface area (Å²) in [4.78, 5) is 16.9. The van der Waals surface area contributed by atoms with E-state index in [-0.39, 0.29) is 5.91 Å². The highest BCUT2D eigenvalue weighted by Crippen LogP contribution is 2.23. The number of hydrogen-bond donors (Lipinski definition) is 1. The third-order valence-corrected chi connectivity index (χ3v) is 5.44. The van der Waals surface area contributed by atoms with Crippen molar-refractivity contribution in [3.8, 4) is 22.6 Å². The molecule has 0 atom stereocenters. The maximum Gasteiger partial charge on any atom is 0.272 e. The number of pyridine rings is 1. The van der Waals surface area contributed by atoms with Crippen molar-refractivity contribution >= 4 is 17.5 Å². The molecular weight excluding hydrogens is 436 g/mol. The van der Waals surface area contributed by atoms with Crippen LogP contribution in [0.2, 0.25) is 5.02 Å². The molecular formula is C25H19ClN6O. The second-order valence-corrected chi connectivity index (χ2v) is 7.71. The van der Waals surface area contributed by atoms with Crippen LogP contribution in [0.15, 0.2) is 97.6 Å². The van der Waals surface area contributed by atoms with Gasteiger partial charge in [0.15, 0.2) is 5.69 Å². The van der Waals surface area contributed by atoms with Crippen LogP contribution < -0.4 is 5.32 Å². The van der Waals surface area contributed by atoms with Crippen LogP contribution in [-0.4, -0.2) is 30.5 Å². The zero-order valence-electron chi connectivity index (χ0n) is 17.5. The summed E-state index contributed by atoms with van der Waals surface area (Å²) < 4.78 is 3.40. The van der Waals surface area contributed by atoms with Crippen LogP contribution in [0.4, 0.5) is 0 Å². The topological polar surface area (TPSA) is 77.6 Å². The number of aromatic nitrogens is 5. The number of carbonyl (C=O) groups excluding carboxylic acids is 1. The van der Waals surface area contributed by atoms with Gasteiger partial charge in [0.05, 0.1) is 22.1 Å². The lowest BCUT2D eigenvalue weighted by molar-refractivity contribution is 0.0945. The first-order valence-electron chi connectivity index (χ1n) is 10.3. The van der Waals surface area contributed by atoms with Gasteiger partial charge in [-0.05, 0) is 42.5 Å². The van der Waals surface area contributed by atoms with Gasteiger partial charge in [0.2, 0.25) is 0 Å². The molecule has 0 saturated heterocycles. The van der Waals surface area contributed by atoms with Gasteiger partial charge in [-0.25, -0.2) is 9.36 Å². The minimum Gasteiger partial charge on any atom is -0.346 e. The fourth-order valence-electron chi connectivity index (χ4n) is 3.49. The number of para-hydroxylation sites is 2. The highest BCUT2D eigenvalue weighted by atomic mass is 35.5. The second-order valence-electron chi connectivity index (χ2n) is 7.30. The minimum atomic E-state index is -0.283. The summed E-state index contributed by atoms with van der Waals surface area (Å²) >= 11 is 6.24. The normalized spacial score (nSPS) is 10.8. The zero-order chi connectivity index (χ0) is 22.6. The maximum atomic E-state index is 12.8. The molecule has 0 aliphatic heterocycles. The molecule has 5 aromatic rings. The maximum absolute atomic E-state index is 12.8. The van der Waals surface area contributed by atoms with Crippen LogP contribution in [0.25, 0.3) is 22.6 Å². The monoisotopic (exact) mass is 454 g/mol. The standard InChI is InChI=1S/C25H19ClN6O/c26-21-8-4-5-9-23(21)31-15-12-22(29-31)25(33)28-16-19-17-32(20-6-2-1-3-7-20)30-24(19)18-10-13-27-14-11-18/h1-15,17H,16H2,(H,28,33). The van der Waals surface area contributed by atoms with Gasteiger partial charge in [0.25, 0.3) is 5.91 Å². The molecule has 0 bridgehead atoms. The third-order valence-electron chi connectivity index (χ3n) is 5.12. The molecule has 1 amide bonds. The molecule has 0 saturated carbocycles. The molecule has 3 aromatic heterocycles. The molecule has 162 valence electrons. The smallest absolute Gasteiger partial charge is 0.272 e. The van der Waals surface area contributed by atoms with Crippen molar-refractivity contribution < 1.29 is 4.79 Å². The molecule has 2 aromatic carbocycles. The van der Waals surface area contributed by atoms with E-state index in [0.29, 0.717) is 22.9 Å². The summed E-state index contributed by atoms with van der Waals surface area (Å²) in [6.45, 7) is 0.294. The van der Waals surface area contributed by atoms with Crippen LogP contribution in [0, 0.1) is 0 Å². The lowest BCUT2D eigenvalue weighted by atomic mass is 10.1. The predicted molar refractivity (Wildman–Crippen MR) is 127 cm³/mol. The van der Waals surface area contributed by atoms with E-state index >= 15 is 0 Å². The van der Waals surface area contributed by atoms with E-state index in [1.807, 2.05) is 71.5 Å². The number of hydrogen-bond acceptors (Lipinski definition) is 4. The predicted octanol–water partition coefficient (Wildman–Crippen LogP) is 4.70. The number of amides is 1. The van der Waals surface area contributed by atoms with Gasteiger partial charge in [-0.1, -0.05) is 41.9 Å². The summed E-state index contributed by atoms with van der Waals surface area (Å²) in [5, 5.41) is 12.6. The first-order chi connectivity index (χ1) is 16.2. The Balaban J connectivity index is 1.39. The van der Waals surface area contributed by atoms with Gasteiger partial charge in [-0.15, -0.1) is 0 Å². The first-order valence-corrected chi connectivity index (χ1v) is 10.7. The van der Waals surface area contributed by atoms with Crippen LogP contribution in [0.3, 0.4) is 0 Å². The van der Waals surface area contributed by atoms with E-state index in [2.05, 4.69) is 15.4 Å². The molecule has 0 radical (unpaired) electrons. The highest BCUT2D eigenvalue weighted by Gasteiger charge is 2.16. The fourth-order valence-corrected chi connectivity index (χ4v) is 3.71. The summed E-state index contributed by atoms with van der Waals surface area (Å²) in [6.07, 6.45) is 7.08. The Morgan fingerprint density at radius 2 is 1.64 bits per heavy atom.